The van der Waals surface area contributed by atoms with E-state index in [1.807, 2.05) is 0 Å². The molecule has 4 aromatic rings. The lowest BCUT2D eigenvalue weighted by Crippen LogP contribution is -2.82. The molecule has 1 amide bonds. The fourth-order valence-corrected chi connectivity index (χ4v) is 11.1. The van der Waals surface area contributed by atoms with E-state index in [4.69, 9.17) is 33.2 Å². The molecule has 74 heavy (non-hydrogen) atoms. The number of benzene rings is 4. The second-order valence-electron chi connectivity index (χ2n) is 19.6. The maximum atomic E-state index is 15.7. The molecule has 4 aliphatic rings. The van der Waals surface area contributed by atoms with Crippen LogP contribution in [0, 0.1) is 26.9 Å². The number of nitrogens with one attached hydrogen (secondary N) is 1. The highest BCUT2D eigenvalue weighted by molar-refractivity contribution is 5.96. The maximum Gasteiger partial charge on any atom is 0.514 e. The fourth-order valence-electron chi connectivity index (χ4n) is 11.1. The number of aliphatic hydroxyl groups is 2. The van der Waals surface area contributed by atoms with Gasteiger partial charge in [0.2, 0.25) is 6.10 Å². The van der Waals surface area contributed by atoms with Crippen LogP contribution < -0.4 is 10.1 Å². The molecule has 0 aromatic heterocycles. The summed E-state index contributed by atoms with van der Waals surface area (Å²) in [5.74, 6) is -7.67. The lowest BCUT2D eigenvalue weighted by Gasteiger charge is -2.67. The molecule has 0 unspecified atom stereocenters. The maximum absolute atomic E-state index is 15.7. The smallest absolute Gasteiger partial charge is 0.455 e. The van der Waals surface area contributed by atoms with E-state index in [0.29, 0.717) is 0 Å². The van der Waals surface area contributed by atoms with Gasteiger partial charge in [0, 0.05) is 49.8 Å². The lowest BCUT2D eigenvalue weighted by molar-refractivity contribution is -0.384. The second-order valence-corrected chi connectivity index (χ2v) is 19.6. The van der Waals surface area contributed by atoms with Crippen molar-refractivity contribution in [2.75, 3.05) is 6.61 Å². The van der Waals surface area contributed by atoms with Gasteiger partial charge in [-0.15, -0.1) is 0 Å². The molecule has 3 aliphatic carbocycles. The zero-order valence-corrected chi connectivity index (χ0v) is 41.1. The predicted octanol–water partition coefficient (Wildman–Crippen LogP) is 5.87. The van der Waals surface area contributed by atoms with Crippen molar-refractivity contribution in [1.82, 2.24) is 5.32 Å². The number of non-ortho nitro benzene ring substituents is 1. The molecule has 3 fully saturated rings. The molecule has 0 spiro atoms. The number of fused-ring (bicyclic) bond motifs is 5. The monoisotopic (exact) mass is 1020 g/mol. The van der Waals surface area contributed by atoms with Gasteiger partial charge in [-0.05, 0) is 67.0 Å². The van der Waals surface area contributed by atoms with Gasteiger partial charge in [-0.2, -0.15) is 0 Å². The molecule has 2 bridgehead atoms. The number of ether oxygens (including phenoxy) is 7. The number of nitrogens with zero attached hydrogens (tertiary/aromatic N) is 1. The van der Waals surface area contributed by atoms with Gasteiger partial charge in [-0.1, -0.05) is 80.6 Å². The molecule has 20 heteroatoms. The van der Waals surface area contributed by atoms with E-state index in [2.05, 4.69) is 5.32 Å². The van der Waals surface area contributed by atoms with Crippen LogP contribution in [-0.4, -0.2) is 111 Å². The first-order chi connectivity index (χ1) is 35.0. The van der Waals surface area contributed by atoms with E-state index in [-0.39, 0.29) is 52.3 Å². The summed E-state index contributed by atoms with van der Waals surface area (Å²) in [6.07, 6.45) is -12.9. The van der Waals surface area contributed by atoms with Crippen LogP contribution in [0.15, 0.2) is 126 Å². The summed E-state index contributed by atoms with van der Waals surface area (Å²) in [5.41, 5.74) is -8.29. The highest BCUT2D eigenvalue weighted by Crippen LogP contribution is 2.64. The third-order valence-corrected chi connectivity index (χ3v) is 14.9. The number of carbonyl (C=O) groups is 7. The van der Waals surface area contributed by atoms with E-state index in [1.54, 1.807) is 54.6 Å². The number of carbonyl (C=O) groups excluding carboxylic acids is 7. The molecular weight excluding hydrogens is 965 g/mol. The van der Waals surface area contributed by atoms with Crippen LogP contribution in [0.25, 0.3) is 0 Å². The Balaban J connectivity index is 1.29. The van der Waals surface area contributed by atoms with Crippen molar-refractivity contribution in [3.8, 4) is 5.75 Å². The molecule has 8 rings (SSSR count). The minimum Gasteiger partial charge on any atom is -0.455 e. The van der Waals surface area contributed by atoms with Crippen LogP contribution in [0.3, 0.4) is 0 Å². The van der Waals surface area contributed by atoms with Crippen molar-refractivity contribution in [2.24, 2.45) is 16.7 Å². The fraction of sp³-hybridized carbons (Fsp3) is 0.389. The molecule has 3 N–H and O–H groups in total. The molecule has 4 aromatic carbocycles. The first-order valence-electron chi connectivity index (χ1n) is 23.7. The number of aliphatic hydroxyl groups excluding tert-OH is 1. The first kappa shape index (κ1) is 52.5. The number of rotatable bonds is 13. The van der Waals surface area contributed by atoms with Gasteiger partial charge in [0.15, 0.2) is 17.5 Å². The van der Waals surface area contributed by atoms with Crippen molar-refractivity contribution in [3.05, 3.63) is 153 Å². The molecule has 1 aliphatic heterocycles. The van der Waals surface area contributed by atoms with Crippen LogP contribution in [0.5, 0.6) is 5.75 Å². The number of hydrogen-bond acceptors (Lipinski definition) is 18. The summed E-state index contributed by atoms with van der Waals surface area (Å²) in [6.45, 7) is 7.63. The number of Topliss-reactive ketones (excluding diaryl/α,β-unsaturated/α-hetero) is 1. The van der Waals surface area contributed by atoms with Gasteiger partial charge in [0.05, 0.1) is 34.5 Å². The molecule has 1 heterocycles. The van der Waals surface area contributed by atoms with Crippen LogP contribution >= 0.6 is 0 Å². The SMILES string of the molecule is CC(=O)O[C@H]1C(=O)[C@@]2(C)[C@H]([C@H](OC(=O)c3ccccc3)[C@]3(O)C[C@H](OC(=O)[C@H](OC(=O)Oc4ccc([N+](=O)[O-])cc4)[C@@H](NC(=O)c4ccccc4)c4ccccc4)C(C)=C1C3(C)C)[C@]1(OC(C)=O)CO[C@@H]1C[C@@H]2O. The second kappa shape index (κ2) is 20.2. The van der Waals surface area contributed by atoms with Gasteiger partial charge in [0.25, 0.3) is 11.6 Å². The minimum absolute atomic E-state index is 0.0110. The molecule has 20 nitrogen and oxygen atoms in total. The number of ketones is 1. The highest BCUT2D eigenvalue weighted by atomic mass is 16.7. The Kier molecular flexibility index (Phi) is 14.4. The largest absolute Gasteiger partial charge is 0.514 e. The summed E-state index contributed by atoms with van der Waals surface area (Å²) in [6, 6.07) is 26.3. The van der Waals surface area contributed by atoms with Gasteiger partial charge in [-0.3, -0.25) is 29.3 Å². The van der Waals surface area contributed by atoms with Crippen molar-refractivity contribution in [3.63, 3.8) is 0 Å². The average molecular weight is 1020 g/mol. The molecule has 0 radical (unpaired) electrons. The standard InChI is InChI=1S/C54H54N2O18/c1-29-37(71-49(63)43(72-50(64)70-36-24-22-35(23-25-36)56(66)67)41(32-16-10-7-11-17-32)55-47(61)33-18-12-8-13-19-33)27-54(65)46(73-48(62)34-20-14-9-15-21-34)44-52(6,38(59)26-39-53(44,28-68-39)74-31(3)58)45(60)42(69-30(2)57)40(29)51(54,4)5/h7-25,37-39,41-44,46,59,65H,26-28H2,1-6H3,(H,55,61)/t37-,38-,39+,41-,42+,43+,44-,46-,52+,53-,54+/m0/s1. The predicted molar refractivity (Wildman–Crippen MR) is 256 cm³/mol. The van der Waals surface area contributed by atoms with Crippen LogP contribution in [-0.2, 0) is 47.6 Å². The summed E-state index contributed by atoms with van der Waals surface area (Å²) >= 11 is 0. The van der Waals surface area contributed by atoms with Crippen molar-refractivity contribution in [1.29, 1.82) is 0 Å². The van der Waals surface area contributed by atoms with E-state index >= 15 is 9.59 Å². The first-order valence-corrected chi connectivity index (χ1v) is 23.7. The van der Waals surface area contributed by atoms with Gasteiger partial charge < -0.3 is 48.7 Å². The Hall–Kier alpha value is -7.81. The molecule has 388 valence electrons. The number of amides is 1. The van der Waals surface area contributed by atoms with E-state index in [0.717, 1.165) is 38.1 Å². The van der Waals surface area contributed by atoms with Gasteiger partial charge in [-0.25, -0.2) is 14.4 Å². The quantitative estimate of drug-likeness (QED) is 0.0353. The molecule has 2 saturated carbocycles. The van der Waals surface area contributed by atoms with E-state index < -0.39 is 124 Å². The van der Waals surface area contributed by atoms with Crippen molar-refractivity contribution in [2.45, 2.75) is 108 Å². The Bertz CT molecular complexity index is 2890. The van der Waals surface area contributed by atoms with E-state index in [9.17, 15) is 44.3 Å². The Morgan fingerprint density at radius 3 is 1.96 bits per heavy atom. The summed E-state index contributed by atoms with van der Waals surface area (Å²) in [7, 11) is 0. The normalized spacial score (nSPS) is 28.4. The number of nitro groups is 1. The lowest BCUT2D eigenvalue weighted by atomic mass is 9.44. The molecule has 11 atom stereocenters. The average Bonchev–Trinajstić information content (AvgIpc) is 3.37. The zero-order chi connectivity index (χ0) is 53.5. The van der Waals surface area contributed by atoms with Crippen LogP contribution in [0.4, 0.5) is 10.5 Å². The summed E-state index contributed by atoms with van der Waals surface area (Å²) < 4.78 is 41.8. The third-order valence-electron chi connectivity index (χ3n) is 14.9. The van der Waals surface area contributed by atoms with Crippen molar-refractivity contribution >= 4 is 47.4 Å². The molecule has 1 saturated heterocycles. The van der Waals surface area contributed by atoms with Gasteiger partial charge in [0.1, 0.15) is 35.7 Å². The van der Waals surface area contributed by atoms with Crippen molar-refractivity contribution < 1.29 is 81.9 Å². The van der Waals surface area contributed by atoms with Crippen LogP contribution in [0.2, 0.25) is 0 Å². The minimum atomic E-state index is -2.53. The Labute approximate surface area is 424 Å². The highest BCUT2D eigenvalue weighted by Gasteiger charge is 2.78. The number of hydrogen-bond donors (Lipinski definition) is 3. The Morgan fingerprint density at radius 2 is 1.41 bits per heavy atom. The summed E-state index contributed by atoms with van der Waals surface area (Å²) in [5, 5.41) is 40.3. The summed E-state index contributed by atoms with van der Waals surface area (Å²) in [4.78, 5) is 110. The van der Waals surface area contributed by atoms with Crippen LogP contribution in [0.1, 0.15) is 86.7 Å². The number of nitro benzene ring substituents is 1. The number of esters is 4. The molecular formula is C54H54N2O18. The van der Waals surface area contributed by atoms with E-state index in [1.165, 1.54) is 64.1 Å². The topological polar surface area (TPSA) is 280 Å². The Morgan fingerprint density at radius 1 is 0.811 bits per heavy atom. The zero-order valence-electron chi connectivity index (χ0n) is 41.1. The third kappa shape index (κ3) is 9.39. The van der Waals surface area contributed by atoms with Gasteiger partial charge >= 0.3 is 30.0 Å².